The lowest BCUT2D eigenvalue weighted by Crippen LogP contribution is -2.48. The summed E-state index contributed by atoms with van der Waals surface area (Å²) in [5.74, 6) is 0.0487. The topological polar surface area (TPSA) is 61.2 Å². The molecule has 2 fully saturated rings. The lowest BCUT2D eigenvalue weighted by molar-refractivity contribution is -0.127. The zero-order valence-corrected chi connectivity index (χ0v) is 20.3. The highest BCUT2D eigenvalue weighted by molar-refractivity contribution is 7.15. The van der Waals surface area contributed by atoms with Crippen LogP contribution in [-0.2, 0) is 11.3 Å². The molecule has 0 bridgehead atoms. The highest BCUT2D eigenvalue weighted by Crippen LogP contribution is 2.20. The number of hydrogen-bond acceptors (Lipinski definition) is 6. The van der Waals surface area contributed by atoms with Crippen LogP contribution in [0.15, 0.2) is 52.8 Å². The second kappa shape index (κ2) is 10.5. The van der Waals surface area contributed by atoms with Gasteiger partial charge in [0.1, 0.15) is 0 Å². The van der Waals surface area contributed by atoms with E-state index in [2.05, 4.69) is 39.0 Å². The van der Waals surface area contributed by atoms with Crippen molar-refractivity contribution in [3.63, 3.8) is 0 Å². The third-order valence-corrected chi connectivity index (χ3v) is 7.47. The lowest BCUT2D eigenvalue weighted by atomic mass is 10.1. The Bertz CT molecular complexity index is 1200. The van der Waals surface area contributed by atoms with Crippen LogP contribution in [0.5, 0.6) is 0 Å². The number of hydrogen-bond donors (Lipinski definition) is 0. The van der Waals surface area contributed by atoms with Crippen LogP contribution in [0.3, 0.4) is 0 Å². The summed E-state index contributed by atoms with van der Waals surface area (Å²) in [5, 5.41) is 1.87. The van der Waals surface area contributed by atoms with Gasteiger partial charge in [0.25, 0.3) is 5.56 Å². The van der Waals surface area contributed by atoms with Gasteiger partial charge in [-0.05, 0) is 36.6 Å². The Kier molecular flexibility index (Phi) is 7.06. The molecule has 0 N–H and O–H groups in total. The number of anilines is 1. The highest BCUT2D eigenvalue weighted by atomic mass is 32.1. The maximum atomic E-state index is 12.7. The Morgan fingerprint density at radius 3 is 2.44 bits per heavy atom. The zero-order chi connectivity index (χ0) is 23.3. The third-order valence-electron chi connectivity index (χ3n) is 6.71. The van der Waals surface area contributed by atoms with E-state index in [0.29, 0.717) is 19.6 Å². The predicted octanol–water partition coefficient (Wildman–Crippen LogP) is 3.49. The molecule has 3 aromatic rings. The van der Waals surface area contributed by atoms with Crippen molar-refractivity contribution in [1.29, 1.82) is 0 Å². The van der Waals surface area contributed by atoms with E-state index in [1.165, 1.54) is 42.7 Å². The number of thiazole rings is 1. The first kappa shape index (κ1) is 22.8. The van der Waals surface area contributed by atoms with Crippen LogP contribution in [0.2, 0.25) is 0 Å². The Hall–Kier alpha value is -2.97. The van der Waals surface area contributed by atoms with E-state index in [9.17, 15) is 9.59 Å². The number of amides is 1. The zero-order valence-electron chi connectivity index (χ0n) is 19.4. The van der Waals surface area contributed by atoms with Crippen molar-refractivity contribution in [2.45, 2.75) is 32.2 Å². The van der Waals surface area contributed by atoms with Gasteiger partial charge in [-0.3, -0.25) is 18.9 Å². The quantitative estimate of drug-likeness (QED) is 0.527. The molecule has 2 saturated heterocycles. The molecule has 2 aromatic heterocycles. The van der Waals surface area contributed by atoms with E-state index < -0.39 is 0 Å². The maximum Gasteiger partial charge on any atom is 0.258 e. The largest absolute Gasteiger partial charge is 0.372 e. The molecule has 1 amide bonds. The minimum Gasteiger partial charge on any atom is -0.372 e. The average Bonchev–Trinajstić information content (AvgIpc) is 3.17. The van der Waals surface area contributed by atoms with Crippen LogP contribution in [0, 0.1) is 0 Å². The SMILES string of the molecule is O=C(/C=C/c1ccc(N2CCCCCC2)cc1)N1CCN(Cc2cc(=O)n3ccsc3n2)CC1. The molecule has 2 aliphatic rings. The summed E-state index contributed by atoms with van der Waals surface area (Å²) in [4.78, 5) is 36.8. The number of rotatable bonds is 5. The van der Waals surface area contributed by atoms with Crippen molar-refractivity contribution >= 4 is 34.0 Å². The van der Waals surface area contributed by atoms with E-state index in [-0.39, 0.29) is 11.5 Å². The molecule has 178 valence electrons. The van der Waals surface area contributed by atoms with E-state index >= 15 is 0 Å². The Labute approximate surface area is 203 Å². The van der Waals surface area contributed by atoms with Crippen LogP contribution >= 0.6 is 11.3 Å². The van der Waals surface area contributed by atoms with Gasteiger partial charge in [-0.25, -0.2) is 4.98 Å². The van der Waals surface area contributed by atoms with Crippen molar-refractivity contribution in [3.05, 3.63) is 69.6 Å². The second-order valence-electron chi connectivity index (χ2n) is 9.07. The highest BCUT2D eigenvalue weighted by Gasteiger charge is 2.20. The fourth-order valence-electron chi connectivity index (χ4n) is 4.72. The van der Waals surface area contributed by atoms with Gasteiger partial charge in [0, 0.05) is 75.2 Å². The van der Waals surface area contributed by atoms with Gasteiger partial charge in [0.2, 0.25) is 5.91 Å². The molecule has 0 radical (unpaired) electrons. The van der Waals surface area contributed by atoms with Crippen molar-refractivity contribution in [3.8, 4) is 0 Å². The Morgan fingerprint density at radius 1 is 0.971 bits per heavy atom. The number of aromatic nitrogens is 2. The molecular formula is C26H31N5O2S. The monoisotopic (exact) mass is 477 g/mol. The van der Waals surface area contributed by atoms with Crippen LogP contribution in [-0.4, -0.2) is 64.4 Å². The van der Waals surface area contributed by atoms with Crippen LogP contribution in [0.1, 0.15) is 36.9 Å². The third kappa shape index (κ3) is 5.39. The average molecular weight is 478 g/mol. The Balaban J connectivity index is 1.12. The fraction of sp³-hybridized carbons (Fsp3) is 0.423. The summed E-state index contributed by atoms with van der Waals surface area (Å²) >= 11 is 1.46. The molecule has 7 nitrogen and oxygen atoms in total. The molecular weight excluding hydrogens is 446 g/mol. The van der Waals surface area contributed by atoms with Gasteiger partial charge in [-0.1, -0.05) is 25.0 Å². The molecule has 1 aromatic carbocycles. The van der Waals surface area contributed by atoms with Crippen molar-refractivity contribution < 1.29 is 4.79 Å². The Morgan fingerprint density at radius 2 is 1.71 bits per heavy atom. The summed E-state index contributed by atoms with van der Waals surface area (Å²) in [5.41, 5.74) is 3.07. The van der Waals surface area contributed by atoms with Crippen LogP contribution in [0.25, 0.3) is 11.0 Å². The number of nitrogens with zero attached hydrogens (tertiary/aromatic N) is 5. The van der Waals surface area contributed by atoms with Gasteiger partial charge in [0.05, 0.1) is 5.69 Å². The van der Waals surface area contributed by atoms with E-state index in [4.69, 9.17) is 0 Å². The number of benzene rings is 1. The molecule has 2 aliphatic heterocycles. The number of piperazine rings is 1. The number of carbonyl (C=O) groups excluding carboxylic acids is 1. The molecule has 0 aliphatic carbocycles. The summed E-state index contributed by atoms with van der Waals surface area (Å²) in [6, 6.07) is 10.1. The van der Waals surface area contributed by atoms with E-state index in [1.54, 1.807) is 22.7 Å². The minimum atomic E-state index is -0.0420. The molecule has 5 rings (SSSR count). The summed E-state index contributed by atoms with van der Waals surface area (Å²) < 4.78 is 1.57. The maximum absolute atomic E-state index is 12.7. The van der Waals surface area contributed by atoms with Crippen LogP contribution < -0.4 is 10.5 Å². The van der Waals surface area contributed by atoms with Crippen molar-refractivity contribution in [2.24, 2.45) is 0 Å². The first-order valence-corrected chi connectivity index (χ1v) is 13.0. The van der Waals surface area contributed by atoms with Gasteiger partial charge in [0.15, 0.2) is 4.96 Å². The molecule has 8 heteroatoms. The van der Waals surface area contributed by atoms with Crippen molar-refractivity contribution in [1.82, 2.24) is 19.2 Å². The molecule has 0 saturated carbocycles. The number of carbonyl (C=O) groups is 1. The van der Waals surface area contributed by atoms with Gasteiger partial charge in [-0.15, -0.1) is 11.3 Å². The first-order chi connectivity index (χ1) is 16.7. The normalized spacial score (nSPS) is 18.0. The lowest BCUT2D eigenvalue weighted by Gasteiger charge is -2.34. The van der Waals surface area contributed by atoms with Gasteiger partial charge in [-0.2, -0.15) is 0 Å². The predicted molar refractivity (Wildman–Crippen MR) is 137 cm³/mol. The number of fused-ring (bicyclic) bond motifs is 1. The van der Waals surface area contributed by atoms with E-state index in [0.717, 1.165) is 42.4 Å². The van der Waals surface area contributed by atoms with Crippen LogP contribution in [0.4, 0.5) is 5.69 Å². The molecule has 0 unspecified atom stereocenters. The second-order valence-corrected chi connectivity index (χ2v) is 9.94. The summed E-state index contributed by atoms with van der Waals surface area (Å²) in [6.07, 6.45) is 10.5. The minimum absolute atomic E-state index is 0.0420. The van der Waals surface area contributed by atoms with Gasteiger partial charge < -0.3 is 9.80 Å². The molecule has 0 atom stereocenters. The van der Waals surface area contributed by atoms with Gasteiger partial charge >= 0.3 is 0 Å². The molecule has 34 heavy (non-hydrogen) atoms. The summed E-state index contributed by atoms with van der Waals surface area (Å²) in [7, 11) is 0. The fourth-order valence-corrected chi connectivity index (χ4v) is 5.46. The van der Waals surface area contributed by atoms with E-state index in [1.807, 2.05) is 16.4 Å². The van der Waals surface area contributed by atoms with Crippen molar-refractivity contribution in [2.75, 3.05) is 44.2 Å². The standard InChI is InChI=1S/C26H31N5O2S/c32-24(10-7-21-5-8-23(9-6-21)29-11-3-1-2-4-12-29)30-15-13-28(14-16-30)20-22-19-25(33)31-17-18-34-26(31)27-22/h5-10,17-19H,1-4,11-16,20H2/b10-7+. The molecule has 4 heterocycles. The smallest absolute Gasteiger partial charge is 0.258 e. The molecule has 0 spiro atoms. The first-order valence-electron chi connectivity index (χ1n) is 12.2. The summed E-state index contributed by atoms with van der Waals surface area (Å²) in [6.45, 7) is 5.80.